The largest absolute Gasteiger partial charge is 0.416 e. The van der Waals surface area contributed by atoms with E-state index in [1.165, 1.54) is 17.0 Å². The molecule has 22 heavy (non-hydrogen) atoms. The minimum absolute atomic E-state index is 0.120. The number of carbonyl (C=O) groups excluding carboxylic acids is 1. The Morgan fingerprint density at radius 1 is 1.18 bits per heavy atom. The van der Waals surface area contributed by atoms with Crippen molar-refractivity contribution >= 4 is 23.2 Å². The molecule has 1 aromatic heterocycles. The van der Waals surface area contributed by atoms with Crippen molar-refractivity contribution in [2.75, 3.05) is 10.8 Å². The lowest BCUT2D eigenvalue weighted by Crippen LogP contribution is -2.31. The second kappa shape index (κ2) is 6.79. The van der Waals surface area contributed by atoms with E-state index < -0.39 is 17.6 Å². The van der Waals surface area contributed by atoms with Crippen LogP contribution in [-0.4, -0.2) is 16.8 Å². The Labute approximate surface area is 130 Å². The Bertz CT molecular complexity index is 647. The van der Waals surface area contributed by atoms with Crippen LogP contribution in [0.2, 0.25) is 0 Å². The molecule has 1 amide bonds. The molecule has 1 aromatic carbocycles. The van der Waals surface area contributed by atoms with Gasteiger partial charge in [-0.25, -0.2) is 0 Å². The molecule has 0 aliphatic rings. The summed E-state index contributed by atoms with van der Waals surface area (Å²) in [6, 6.07) is 7.97. The maximum atomic E-state index is 12.8. The van der Waals surface area contributed by atoms with Crippen molar-refractivity contribution in [1.82, 2.24) is 4.98 Å². The number of hydrogen-bond acceptors (Lipinski definition) is 2. The molecule has 0 aliphatic heterocycles. The van der Waals surface area contributed by atoms with Crippen LogP contribution < -0.4 is 4.90 Å². The molecule has 2 aromatic rings. The van der Waals surface area contributed by atoms with Gasteiger partial charge >= 0.3 is 6.18 Å². The van der Waals surface area contributed by atoms with Gasteiger partial charge in [0.15, 0.2) is 0 Å². The number of halogens is 4. The van der Waals surface area contributed by atoms with Crippen LogP contribution in [0, 0.1) is 0 Å². The monoisotopic (exact) mass is 328 g/mol. The van der Waals surface area contributed by atoms with Gasteiger partial charge in [-0.1, -0.05) is 6.07 Å². The van der Waals surface area contributed by atoms with Gasteiger partial charge in [-0.2, -0.15) is 13.2 Å². The summed E-state index contributed by atoms with van der Waals surface area (Å²) < 4.78 is 38.4. The first kappa shape index (κ1) is 16.3. The van der Waals surface area contributed by atoms with E-state index in [2.05, 4.69) is 4.98 Å². The predicted molar refractivity (Wildman–Crippen MR) is 77.6 cm³/mol. The van der Waals surface area contributed by atoms with E-state index >= 15 is 0 Å². The number of nitrogens with zero attached hydrogens (tertiary/aromatic N) is 2. The molecule has 116 valence electrons. The summed E-state index contributed by atoms with van der Waals surface area (Å²) in [5.41, 5.74) is 0.0790. The molecule has 0 aliphatic carbocycles. The first-order valence-corrected chi connectivity index (χ1v) is 6.88. The number of benzene rings is 1. The van der Waals surface area contributed by atoms with Gasteiger partial charge in [-0.3, -0.25) is 9.78 Å². The Morgan fingerprint density at radius 2 is 1.86 bits per heavy atom. The minimum Gasteiger partial charge on any atom is -0.307 e. The average molecular weight is 329 g/mol. The zero-order chi connectivity index (χ0) is 16.2. The van der Waals surface area contributed by atoms with Crippen LogP contribution in [0.15, 0.2) is 48.8 Å². The molecule has 0 bridgehead atoms. The van der Waals surface area contributed by atoms with E-state index in [0.717, 1.165) is 17.7 Å². The summed E-state index contributed by atoms with van der Waals surface area (Å²) in [7, 11) is 0. The summed E-state index contributed by atoms with van der Waals surface area (Å²) in [5.74, 6) is -0.792. The number of pyridine rings is 1. The molecule has 0 N–H and O–H groups in total. The summed E-state index contributed by atoms with van der Waals surface area (Å²) in [5, 5.41) is 0. The maximum absolute atomic E-state index is 12.8. The van der Waals surface area contributed by atoms with Crippen LogP contribution in [0.25, 0.3) is 0 Å². The van der Waals surface area contributed by atoms with Gasteiger partial charge in [0.1, 0.15) is 5.88 Å². The molecular formula is C15H12ClF3N2O. The standard InChI is InChI=1S/C15H12ClF3N2O/c16-9-14(22)21(10-11-4-6-20-7-5-11)13-3-1-2-12(8-13)15(17,18)19/h1-8H,9-10H2. The van der Waals surface area contributed by atoms with Crippen LogP contribution >= 0.6 is 11.6 Å². The lowest BCUT2D eigenvalue weighted by Gasteiger charge is -2.23. The van der Waals surface area contributed by atoms with Crippen LogP contribution in [0.4, 0.5) is 18.9 Å². The normalized spacial score (nSPS) is 11.3. The third-order valence-corrected chi connectivity index (χ3v) is 3.22. The fraction of sp³-hybridized carbons (Fsp3) is 0.200. The highest BCUT2D eigenvalue weighted by Crippen LogP contribution is 2.32. The molecule has 0 saturated heterocycles. The molecule has 0 spiro atoms. The van der Waals surface area contributed by atoms with Crippen molar-refractivity contribution in [1.29, 1.82) is 0 Å². The Morgan fingerprint density at radius 3 is 2.45 bits per heavy atom. The Kier molecular flexibility index (Phi) is 5.03. The summed E-state index contributed by atoms with van der Waals surface area (Å²) in [6.45, 7) is 0.120. The molecule has 1 heterocycles. The predicted octanol–water partition coefficient (Wildman–Crippen LogP) is 3.87. The van der Waals surface area contributed by atoms with Crippen molar-refractivity contribution in [2.24, 2.45) is 0 Å². The lowest BCUT2D eigenvalue weighted by molar-refractivity contribution is -0.137. The molecule has 0 radical (unpaired) electrons. The van der Waals surface area contributed by atoms with Gasteiger partial charge in [0.05, 0.1) is 12.1 Å². The lowest BCUT2D eigenvalue weighted by atomic mass is 10.1. The van der Waals surface area contributed by atoms with Crippen LogP contribution in [-0.2, 0) is 17.5 Å². The third kappa shape index (κ3) is 3.98. The molecule has 2 rings (SSSR count). The Hall–Kier alpha value is -2.08. The van der Waals surface area contributed by atoms with E-state index in [1.54, 1.807) is 24.5 Å². The van der Waals surface area contributed by atoms with Crippen molar-refractivity contribution in [3.05, 3.63) is 59.9 Å². The van der Waals surface area contributed by atoms with E-state index in [4.69, 9.17) is 11.6 Å². The molecule has 0 atom stereocenters. The first-order valence-electron chi connectivity index (χ1n) is 6.34. The van der Waals surface area contributed by atoms with Crippen molar-refractivity contribution in [3.8, 4) is 0 Å². The molecule has 3 nitrogen and oxygen atoms in total. The average Bonchev–Trinajstić information content (AvgIpc) is 2.52. The SMILES string of the molecule is O=C(CCl)N(Cc1ccncc1)c1cccc(C(F)(F)F)c1. The number of aromatic nitrogens is 1. The van der Waals surface area contributed by atoms with E-state index in [1.807, 2.05) is 0 Å². The van der Waals surface area contributed by atoms with Crippen molar-refractivity contribution in [3.63, 3.8) is 0 Å². The number of alkyl halides is 4. The van der Waals surface area contributed by atoms with E-state index in [-0.39, 0.29) is 18.1 Å². The second-order valence-corrected chi connectivity index (χ2v) is 4.78. The Balaban J connectivity index is 2.36. The second-order valence-electron chi connectivity index (χ2n) is 4.52. The number of anilines is 1. The fourth-order valence-corrected chi connectivity index (χ4v) is 2.06. The smallest absolute Gasteiger partial charge is 0.307 e. The molecular weight excluding hydrogens is 317 g/mol. The molecule has 0 saturated carbocycles. The fourth-order valence-electron chi connectivity index (χ4n) is 1.92. The zero-order valence-electron chi connectivity index (χ0n) is 11.3. The van der Waals surface area contributed by atoms with E-state index in [9.17, 15) is 18.0 Å². The van der Waals surface area contributed by atoms with Gasteiger partial charge < -0.3 is 4.90 Å². The summed E-state index contributed by atoms with van der Waals surface area (Å²) in [4.78, 5) is 17.1. The highest BCUT2D eigenvalue weighted by atomic mass is 35.5. The first-order chi connectivity index (χ1) is 10.4. The molecule has 7 heteroatoms. The number of carbonyl (C=O) groups is 1. The van der Waals surface area contributed by atoms with Crippen LogP contribution in [0.3, 0.4) is 0 Å². The maximum Gasteiger partial charge on any atom is 0.416 e. The quantitative estimate of drug-likeness (QED) is 0.798. The van der Waals surface area contributed by atoms with Gasteiger partial charge in [-0.05, 0) is 35.9 Å². The number of amides is 1. The van der Waals surface area contributed by atoms with E-state index in [0.29, 0.717) is 0 Å². The van der Waals surface area contributed by atoms with Gasteiger partial charge in [-0.15, -0.1) is 11.6 Å². The van der Waals surface area contributed by atoms with Crippen molar-refractivity contribution in [2.45, 2.75) is 12.7 Å². The topological polar surface area (TPSA) is 33.2 Å². The third-order valence-electron chi connectivity index (χ3n) is 2.99. The zero-order valence-corrected chi connectivity index (χ0v) is 12.1. The van der Waals surface area contributed by atoms with Crippen molar-refractivity contribution < 1.29 is 18.0 Å². The number of hydrogen-bond donors (Lipinski definition) is 0. The molecule has 0 unspecified atom stereocenters. The summed E-state index contributed by atoms with van der Waals surface area (Å²) >= 11 is 5.57. The highest BCUT2D eigenvalue weighted by Gasteiger charge is 2.31. The highest BCUT2D eigenvalue weighted by molar-refractivity contribution is 6.29. The minimum atomic E-state index is -4.47. The van der Waals surface area contributed by atoms with Gasteiger partial charge in [0.2, 0.25) is 5.91 Å². The summed E-state index contributed by atoms with van der Waals surface area (Å²) in [6.07, 6.45) is -1.38. The van der Waals surface area contributed by atoms with Crippen LogP contribution in [0.1, 0.15) is 11.1 Å². The van der Waals surface area contributed by atoms with Gasteiger partial charge in [0, 0.05) is 18.1 Å². The number of rotatable bonds is 4. The van der Waals surface area contributed by atoms with Gasteiger partial charge in [0.25, 0.3) is 0 Å². The molecule has 0 fully saturated rings. The van der Waals surface area contributed by atoms with Crippen LogP contribution in [0.5, 0.6) is 0 Å².